The predicted octanol–water partition coefficient (Wildman–Crippen LogP) is -0.313. The maximum Gasteiger partial charge on any atom is 0.353 e. The van der Waals surface area contributed by atoms with E-state index in [2.05, 4.69) is 29.2 Å². The van der Waals surface area contributed by atoms with E-state index in [1.165, 1.54) is 29.2 Å². The molecule has 2 aliphatic heterocycles. The molecule has 0 saturated carbocycles. The van der Waals surface area contributed by atoms with Gasteiger partial charge in [0.05, 0.1) is 30.0 Å². The highest BCUT2D eigenvalue weighted by Gasteiger charge is 2.54. The first kappa shape index (κ1) is 17.9. The normalized spacial score (nSPS) is 21.6. The molecule has 3 N–H and O–H groups in total. The molecule has 0 unspecified atom stereocenters. The number of hydrogen-bond donors (Lipinski definition) is 3. The van der Waals surface area contributed by atoms with E-state index in [9.17, 15) is 19.5 Å². The summed E-state index contributed by atoms with van der Waals surface area (Å²) in [6.07, 6.45) is 2.90. The number of nitrogens with zero attached hydrogens (tertiary/aromatic N) is 5. The number of rotatable bonds is 6. The summed E-state index contributed by atoms with van der Waals surface area (Å²) in [5, 5.41) is 18.6. The fourth-order valence-corrected chi connectivity index (χ4v) is 5.45. The van der Waals surface area contributed by atoms with Gasteiger partial charge in [-0.15, -0.1) is 16.9 Å². The van der Waals surface area contributed by atoms with Crippen LogP contribution < -0.4 is 5.32 Å². The summed E-state index contributed by atoms with van der Waals surface area (Å²) in [6, 6.07) is -0.765. The molecule has 2 aliphatic rings. The first-order chi connectivity index (χ1) is 13.0. The lowest BCUT2D eigenvalue weighted by molar-refractivity contribution is -0.150. The van der Waals surface area contributed by atoms with E-state index >= 15 is 0 Å². The summed E-state index contributed by atoms with van der Waals surface area (Å²) in [5.74, 6) is -1.65. The van der Waals surface area contributed by atoms with Gasteiger partial charge in [-0.05, 0) is 11.8 Å². The van der Waals surface area contributed by atoms with Crippen LogP contribution >= 0.6 is 35.3 Å². The molecular weight excluding hydrogens is 414 g/mol. The van der Waals surface area contributed by atoms with E-state index in [-0.39, 0.29) is 18.0 Å². The standard InChI is InChI=1S/C13H11N7O4S3/c21-7(1-5-2-16-27-19-5)17-8-10(22)20-9(12(23)24)6(3-25-11(8)20)26-13-14-4-15-18-13/h2,4,8,11H,1,3H2,(H,17,21)(H,23,24)(H,14,15,18)/t8-,11+/m1/s1. The molecule has 1 fully saturated rings. The molecule has 0 radical (unpaired) electrons. The van der Waals surface area contributed by atoms with Gasteiger partial charge in [0.2, 0.25) is 11.1 Å². The van der Waals surface area contributed by atoms with E-state index in [0.717, 1.165) is 23.5 Å². The third-order valence-corrected chi connectivity index (χ3v) is 6.75. The summed E-state index contributed by atoms with van der Waals surface area (Å²) in [4.78, 5) is 42.0. The fraction of sp³-hybridized carbons (Fsp3) is 0.308. The number of carboxylic acids is 1. The SMILES string of the molecule is O=C(Cc1cnsn1)N[C@@H]1C(=O)N2C(C(=O)O)=C(Sc3nc[nH]n3)CS[C@@H]12. The Kier molecular flexibility index (Phi) is 4.84. The molecule has 0 aromatic carbocycles. The van der Waals surface area contributed by atoms with Crippen molar-refractivity contribution in [2.75, 3.05) is 5.75 Å². The van der Waals surface area contributed by atoms with Crippen molar-refractivity contribution in [3.05, 3.63) is 28.8 Å². The van der Waals surface area contributed by atoms with Gasteiger partial charge in [-0.3, -0.25) is 19.6 Å². The van der Waals surface area contributed by atoms with E-state index < -0.39 is 23.3 Å². The van der Waals surface area contributed by atoms with Crippen molar-refractivity contribution >= 4 is 53.0 Å². The summed E-state index contributed by atoms with van der Waals surface area (Å²) >= 11 is 3.48. The number of β-lactam (4-membered cyclic amide) rings is 1. The number of carboxylic acid groups (broad SMARTS) is 1. The molecule has 0 spiro atoms. The molecule has 1 saturated heterocycles. The quantitative estimate of drug-likeness (QED) is 0.525. The van der Waals surface area contributed by atoms with Crippen LogP contribution in [0, 0.1) is 0 Å². The molecule has 27 heavy (non-hydrogen) atoms. The van der Waals surface area contributed by atoms with E-state index in [0.29, 0.717) is 21.5 Å². The molecule has 4 rings (SSSR count). The average molecular weight is 425 g/mol. The van der Waals surface area contributed by atoms with Crippen LogP contribution in [0.25, 0.3) is 0 Å². The van der Waals surface area contributed by atoms with Gasteiger partial charge in [-0.2, -0.15) is 8.75 Å². The molecule has 2 aromatic rings. The minimum atomic E-state index is -1.20. The maximum atomic E-state index is 12.5. The Hall–Kier alpha value is -2.45. The van der Waals surface area contributed by atoms with Crippen LogP contribution in [-0.2, 0) is 20.8 Å². The molecule has 11 nitrogen and oxygen atoms in total. The summed E-state index contributed by atoms with van der Waals surface area (Å²) in [5.41, 5.74) is 0.432. The Morgan fingerprint density at radius 2 is 2.33 bits per heavy atom. The lowest BCUT2D eigenvalue weighted by Gasteiger charge is -2.49. The Balaban J connectivity index is 1.48. The highest BCUT2D eigenvalue weighted by atomic mass is 32.2. The third kappa shape index (κ3) is 3.42. The molecule has 4 heterocycles. The predicted molar refractivity (Wildman–Crippen MR) is 95.5 cm³/mol. The van der Waals surface area contributed by atoms with Crippen LogP contribution in [-0.4, -0.2) is 68.9 Å². The van der Waals surface area contributed by atoms with Crippen molar-refractivity contribution < 1.29 is 19.5 Å². The first-order valence-corrected chi connectivity index (χ1v) is 10.1. The van der Waals surface area contributed by atoms with Gasteiger partial charge < -0.3 is 10.4 Å². The third-order valence-electron chi connectivity index (χ3n) is 3.81. The van der Waals surface area contributed by atoms with Crippen LogP contribution in [0.5, 0.6) is 0 Å². The van der Waals surface area contributed by atoms with Crippen LogP contribution in [0.15, 0.2) is 28.3 Å². The molecule has 14 heteroatoms. The summed E-state index contributed by atoms with van der Waals surface area (Å²) in [6.45, 7) is 0. The second kappa shape index (κ2) is 7.28. The number of carbonyl (C=O) groups is 3. The van der Waals surface area contributed by atoms with Gasteiger partial charge in [0.25, 0.3) is 5.91 Å². The number of amides is 2. The zero-order valence-electron chi connectivity index (χ0n) is 13.4. The summed E-state index contributed by atoms with van der Waals surface area (Å²) < 4.78 is 7.78. The lowest BCUT2D eigenvalue weighted by Crippen LogP contribution is -2.70. The van der Waals surface area contributed by atoms with Crippen LogP contribution in [0.2, 0.25) is 0 Å². The largest absolute Gasteiger partial charge is 0.477 e. The van der Waals surface area contributed by atoms with E-state index in [4.69, 9.17) is 0 Å². The van der Waals surface area contributed by atoms with Crippen LogP contribution in [0.3, 0.4) is 0 Å². The van der Waals surface area contributed by atoms with Crippen molar-refractivity contribution in [3.8, 4) is 0 Å². The van der Waals surface area contributed by atoms with Gasteiger partial charge >= 0.3 is 5.97 Å². The number of thioether (sulfide) groups is 2. The Morgan fingerprint density at radius 1 is 1.48 bits per heavy atom. The van der Waals surface area contributed by atoms with Gasteiger partial charge in [-0.1, -0.05) is 0 Å². The zero-order valence-corrected chi connectivity index (χ0v) is 15.8. The molecule has 0 aliphatic carbocycles. The fourth-order valence-electron chi connectivity index (χ4n) is 2.68. The number of nitrogens with one attached hydrogen (secondary N) is 2. The molecular formula is C13H11N7O4S3. The van der Waals surface area contributed by atoms with Crippen molar-refractivity contribution in [3.63, 3.8) is 0 Å². The van der Waals surface area contributed by atoms with Crippen molar-refractivity contribution in [2.24, 2.45) is 0 Å². The second-order valence-corrected chi connectivity index (χ2v) is 8.21. The smallest absolute Gasteiger partial charge is 0.353 e. The lowest BCUT2D eigenvalue weighted by atomic mass is 10.0. The van der Waals surface area contributed by atoms with Crippen molar-refractivity contribution in [2.45, 2.75) is 23.0 Å². The van der Waals surface area contributed by atoms with Crippen LogP contribution in [0.4, 0.5) is 0 Å². The van der Waals surface area contributed by atoms with E-state index in [1.807, 2.05) is 0 Å². The summed E-state index contributed by atoms with van der Waals surface area (Å²) in [7, 11) is 0. The maximum absolute atomic E-state index is 12.5. The van der Waals surface area contributed by atoms with Gasteiger partial charge in [0.1, 0.15) is 23.4 Å². The highest BCUT2D eigenvalue weighted by molar-refractivity contribution is 8.06. The zero-order chi connectivity index (χ0) is 19.0. The van der Waals surface area contributed by atoms with Gasteiger partial charge in [0, 0.05) is 10.7 Å². The molecule has 0 bridgehead atoms. The molecule has 2 aromatic heterocycles. The first-order valence-electron chi connectivity index (χ1n) is 7.55. The van der Waals surface area contributed by atoms with Crippen molar-refractivity contribution in [1.29, 1.82) is 0 Å². The molecule has 140 valence electrons. The average Bonchev–Trinajstić information content (AvgIpc) is 3.33. The number of fused-ring (bicyclic) bond motifs is 1. The number of carbonyl (C=O) groups excluding carboxylic acids is 2. The second-order valence-electron chi connectivity index (χ2n) is 5.49. The Labute approximate surface area is 164 Å². The minimum Gasteiger partial charge on any atom is -0.477 e. The number of aliphatic carboxylic acids is 1. The minimum absolute atomic E-state index is 0.0191. The number of aromatic nitrogens is 5. The molecule has 2 atom stereocenters. The number of H-pyrrole nitrogens is 1. The number of hydrogen-bond acceptors (Lipinski definition) is 10. The monoisotopic (exact) mass is 425 g/mol. The number of aromatic amines is 1. The van der Waals surface area contributed by atoms with E-state index in [1.54, 1.807) is 0 Å². The van der Waals surface area contributed by atoms with Crippen LogP contribution in [0.1, 0.15) is 5.69 Å². The topological polar surface area (TPSA) is 154 Å². The molecule has 2 amide bonds. The van der Waals surface area contributed by atoms with Crippen molar-refractivity contribution in [1.82, 2.24) is 34.1 Å². The highest BCUT2D eigenvalue weighted by Crippen LogP contribution is 2.44. The Morgan fingerprint density at radius 3 is 3.00 bits per heavy atom. The van der Waals surface area contributed by atoms with Gasteiger partial charge in [0.15, 0.2) is 0 Å². The van der Waals surface area contributed by atoms with Gasteiger partial charge in [-0.25, -0.2) is 9.78 Å². The Bertz CT molecular complexity index is 915.